The molecule has 0 unspecified atom stereocenters. The first-order valence-electron chi connectivity index (χ1n) is 7.26. The molecule has 0 aromatic heterocycles. The van der Waals surface area contributed by atoms with Gasteiger partial charge in [-0.3, -0.25) is 23.6 Å². The van der Waals surface area contributed by atoms with Gasteiger partial charge in [-0.15, -0.1) is 0 Å². The van der Waals surface area contributed by atoms with Gasteiger partial charge in [0.1, 0.15) is 0 Å². The Labute approximate surface area is 157 Å². The molecule has 0 atom stereocenters. The number of halogens is 4. The predicted octanol–water partition coefficient (Wildman–Crippen LogP) is 4.41. The summed E-state index contributed by atoms with van der Waals surface area (Å²) >= 11 is 0. The van der Waals surface area contributed by atoms with Gasteiger partial charge in [-0.05, 0) is 34.4 Å². The number of hydrogen-bond donors (Lipinski definition) is 1. The zero-order chi connectivity index (χ0) is 15.4. The quantitative estimate of drug-likeness (QED) is 0.529. The van der Waals surface area contributed by atoms with Crippen molar-refractivity contribution in [3.63, 3.8) is 0 Å². The van der Waals surface area contributed by atoms with Gasteiger partial charge in [0.05, 0.1) is 8.41 Å². The van der Waals surface area contributed by atoms with E-state index in [1.54, 1.807) is 0 Å². The molecule has 27 heavy (non-hydrogen) atoms. The highest BCUT2D eigenvalue weighted by Crippen LogP contribution is 2.32. The van der Waals surface area contributed by atoms with Gasteiger partial charge in [0.25, 0.3) is 0 Å². The SMILES string of the molecule is B.CC(=O)Nc1ccc(-c2ccccc2-c2ccccc2)cc1.F.F.F.F. The Morgan fingerprint density at radius 1 is 0.630 bits per heavy atom. The Kier molecular flexibility index (Phi) is 14.0. The third-order valence-electron chi connectivity index (χ3n) is 3.53. The smallest absolute Gasteiger partial charge is 0.221 e. The fourth-order valence-electron chi connectivity index (χ4n) is 2.54. The molecule has 0 fully saturated rings. The molecule has 0 spiro atoms. The van der Waals surface area contributed by atoms with E-state index in [4.69, 9.17) is 0 Å². The average molecular weight is 381 g/mol. The Bertz CT molecular complexity index is 799. The molecule has 3 aromatic carbocycles. The summed E-state index contributed by atoms with van der Waals surface area (Å²) in [4.78, 5) is 11.1. The van der Waals surface area contributed by atoms with Crippen LogP contribution < -0.4 is 5.32 Å². The van der Waals surface area contributed by atoms with E-state index in [2.05, 4.69) is 35.6 Å². The van der Waals surface area contributed by atoms with Gasteiger partial charge in [0.2, 0.25) is 5.91 Å². The summed E-state index contributed by atoms with van der Waals surface area (Å²) in [5.74, 6) is -0.0579. The fourth-order valence-corrected chi connectivity index (χ4v) is 2.54. The highest BCUT2D eigenvalue weighted by Gasteiger charge is 2.06. The van der Waals surface area contributed by atoms with Gasteiger partial charge in [-0.25, -0.2) is 0 Å². The van der Waals surface area contributed by atoms with Crippen LogP contribution in [-0.2, 0) is 4.79 Å². The van der Waals surface area contributed by atoms with Crippen LogP contribution in [0.2, 0.25) is 0 Å². The predicted molar refractivity (Wildman–Crippen MR) is 112 cm³/mol. The van der Waals surface area contributed by atoms with Crippen LogP contribution in [0.15, 0.2) is 78.9 Å². The van der Waals surface area contributed by atoms with E-state index in [9.17, 15) is 4.79 Å². The second-order valence-electron chi connectivity index (χ2n) is 5.17. The largest absolute Gasteiger partial charge is 0.326 e. The first-order chi connectivity index (χ1) is 10.7. The number of amides is 1. The van der Waals surface area contributed by atoms with E-state index in [1.165, 1.54) is 23.6 Å². The van der Waals surface area contributed by atoms with Crippen LogP contribution in [0.4, 0.5) is 24.5 Å². The molecule has 0 saturated carbocycles. The molecule has 146 valence electrons. The minimum Gasteiger partial charge on any atom is -0.326 e. The summed E-state index contributed by atoms with van der Waals surface area (Å²) in [6.07, 6.45) is 0. The van der Waals surface area contributed by atoms with Crippen molar-refractivity contribution in [1.29, 1.82) is 0 Å². The Hall–Kier alpha value is -3.09. The molecule has 0 saturated heterocycles. The number of carbonyl (C=O) groups is 1. The maximum Gasteiger partial charge on any atom is 0.221 e. The highest BCUT2D eigenvalue weighted by atomic mass is 19.0. The fraction of sp³-hybridized carbons (Fsp3) is 0.0500. The van der Waals surface area contributed by atoms with Crippen molar-refractivity contribution in [2.75, 3.05) is 5.32 Å². The topological polar surface area (TPSA) is 29.1 Å². The summed E-state index contributed by atoms with van der Waals surface area (Å²) in [5, 5.41) is 2.79. The van der Waals surface area contributed by atoms with Gasteiger partial charge in [0, 0.05) is 12.6 Å². The molecule has 0 aliphatic carbocycles. The lowest BCUT2D eigenvalue weighted by atomic mass is 9.94. The maximum absolute atomic E-state index is 11.1. The van der Waals surface area contributed by atoms with Crippen molar-refractivity contribution in [2.24, 2.45) is 0 Å². The second-order valence-corrected chi connectivity index (χ2v) is 5.17. The standard InChI is InChI=1S/C20H17NO.BH3.4FH/c1-15(22)21-18-13-11-17(12-14-18)20-10-6-5-9-19(20)16-7-3-2-4-8-16;;;;;/h2-14H,1H3,(H,21,22);1H3;4*1H. The van der Waals surface area contributed by atoms with Crippen molar-refractivity contribution < 1.29 is 23.6 Å². The van der Waals surface area contributed by atoms with Crippen molar-refractivity contribution in [3.05, 3.63) is 78.9 Å². The number of hydrogen-bond acceptors (Lipinski definition) is 1. The first-order valence-corrected chi connectivity index (χ1v) is 7.26. The molecule has 2 nitrogen and oxygen atoms in total. The zero-order valence-electron chi connectivity index (χ0n) is 14.0. The summed E-state index contributed by atoms with van der Waals surface area (Å²) in [6.45, 7) is 1.51. The van der Waals surface area contributed by atoms with Gasteiger partial charge in [0.15, 0.2) is 0 Å². The number of benzene rings is 3. The minimum absolute atomic E-state index is 0. The second kappa shape index (κ2) is 13.2. The van der Waals surface area contributed by atoms with Gasteiger partial charge in [-0.1, -0.05) is 66.7 Å². The first kappa shape index (κ1) is 28.7. The van der Waals surface area contributed by atoms with E-state index in [0.717, 1.165) is 11.3 Å². The lowest BCUT2D eigenvalue weighted by Crippen LogP contribution is -2.05. The van der Waals surface area contributed by atoms with Crippen LogP contribution in [0.5, 0.6) is 0 Å². The molecular weight excluding hydrogens is 357 g/mol. The van der Waals surface area contributed by atoms with Crippen LogP contribution in [0.1, 0.15) is 6.92 Å². The van der Waals surface area contributed by atoms with E-state index in [-0.39, 0.29) is 33.1 Å². The van der Waals surface area contributed by atoms with Crippen LogP contribution in [0, 0.1) is 0 Å². The molecule has 3 aromatic rings. The van der Waals surface area contributed by atoms with Crippen molar-refractivity contribution in [1.82, 2.24) is 0 Å². The Balaban J connectivity index is -0.00000115. The third-order valence-corrected chi connectivity index (χ3v) is 3.53. The Morgan fingerprint density at radius 3 is 1.48 bits per heavy atom. The molecule has 1 amide bonds. The van der Waals surface area contributed by atoms with Crippen molar-refractivity contribution >= 4 is 20.0 Å². The van der Waals surface area contributed by atoms with Crippen LogP contribution in [-0.4, -0.2) is 14.3 Å². The summed E-state index contributed by atoms with van der Waals surface area (Å²) in [5.41, 5.74) is 5.53. The van der Waals surface area contributed by atoms with Crippen LogP contribution >= 0.6 is 0 Å². The minimum atomic E-state index is -0.0579. The highest BCUT2D eigenvalue weighted by molar-refractivity contribution is 5.89. The zero-order valence-corrected chi connectivity index (χ0v) is 14.0. The molecule has 0 aliphatic rings. The van der Waals surface area contributed by atoms with Crippen LogP contribution in [0.25, 0.3) is 22.3 Å². The molecule has 7 heteroatoms. The normalized spacial score (nSPS) is 8.33. The maximum atomic E-state index is 11.1. The molecular formula is C20H24BF4NO. The van der Waals surface area contributed by atoms with Crippen molar-refractivity contribution in [3.8, 4) is 22.3 Å². The van der Waals surface area contributed by atoms with E-state index in [1.807, 2.05) is 48.5 Å². The van der Waals surface area contributed by atoms with Gasteiger partial charge >= 0.3 is 0 Å². The van der Waals surface area contributed by atoms with Gasteiger partial charge in [-0.2, -0.15) is 0 Å². The van der Waals surface area contributed by atoms with Gasteiger partial charge < -0.3 is 5.32 Å². The number of anilines is 1. The molecule has 0 bridgehead atoms. The monoisotopic (exact) mass is 381 g/mol. The number of rotatable bonds is 3. The third kappa shape index (κ3) is 6.97. The molecule has 0 heterocycles. The summed E-state index contributed by atoms with van der Waals surface area (Å²) in [6, 6.07) is 26.6. The van der Waals surface area contributed by atoms with E-state index in [0.29, 0.717) is 0 Å². The van der Waals surface area contributed by atoms with E-state index >= 15 is 0 Å². The van der Waals surface area contributed by atoms with Crippen LogP contribution in [0.3, 0.4) is 0 Å². The molecule has 3 rings (SSSR count). The summed E-state index contributed by atoms with van der Waals surface area (Å²) in [7, 11) is 0. The molecule has 0 aliphatic heterocycles. The molecule has 0 radical (unpaired) electrons. The number of carbonyl (C=O) groups excluding carboxylic acids is 1. The Morgan fingerprint density at radius 2 is 1.04 bits per heavy atom. The average Bonchev–Trinajstić information content (AvgIpc) is 2.56. The summed E-state index contributed by atoms with van der Waals surface area (Å²) < 4.78 is 0. The lowest BCUT2D eigenvalue weighted by molar-refractivity contribution is -0.114. The number of nitrogens with one attached hydrogen (secondary N) is 1. The van der Waals surface area contributed by atoms with Crippen molar-refractivity contribution in [2.45, 2.75) is 6.92 Å². The molecule has 1 N–H and O–H groups in total. The lowest BCUT2D eigenvalue weighted by Gasteiger charge is -2.11. The van der Waals surface area contributed by atoms with E-state index < -0.39 is 0 Å².